The molecule has 1 atom stereocenters. The standard InChI is InChI=1S/C12H24N2O3/c1-3-8-16-9-10-17-11(2)12(15)14-6-4-13-5-7-14/h11,13H,3-10H2,1-2H3. The molecular weight excluding hydrogens is 220 g/mol. The third-order valence-electron chi connectivity index (χ3n) is 2.72. The van der Waals surface area contributed by atoms with Gasteiger partial charge in [0, 0.05) is 32.8 Å². The van der Waals surface area contributed by atoms with Crippen LogP contribution in [0.25, 0.3) is 0 Å². The SMILES string of the molecule is CCCOCCOC(C)C(=O)N1CCNCC1. The molecular formula is C12H24N2O3. The lowest BCUT2D eigenvalue weighted by Crippen LogP contribution is -2.49. The Morgan fingerprint density at radius 1 is 1.29 bits per heavy atom. The van der Waals surface area contributed by atoms with Crippen molar-refractivity contribution in [3.05, 3.63) is 0 Å². The van der Waals surface area contributed by atoms with Gasteiger partial charge < -0.3 is 19.7 Å². The average Bonchev–Trinajstić information content (AvgIpc) is 2.38. The summed E-state index contributed by atoms with van der Waals surface area (Å²) >= 11 is 0. The summed E-state index contributed by atoms with van der Waals surface area (Å²) in [6, 6.07) is 0. The Kier molecular flexibility index (Phi) is 7.16. The van der Waals surface area contributed by atoms with Gasteiger partial charge in [0.1, 0.15) is 6.10 Å². The minimum Gasteiger partial charge on any atom is -0.379 e. The minimum absolute atomic E-state index is 0.0852. The fourth-order valence-electron chi connectivity index (χ4n) is 1.74. The molecule has 0 aromatic heterocycles. The number of ether oxygens (including phenoxy) is 2. The Morgan fingerprint density at radius 2 is 2.00 bits per heavy atom. The van der Waals surface area contributed by atoms with Gasteiger partial charge in [-0.1, -0.05) is 6.92 Å². The second-order valence-corrected chi connectivity index (χ2v) is 4.20. The number of nitrogens with zero attached hydrogens (tertiary/aromatic N) is 1. The van der Waals surface area contributed by atoms with Crippen molar-refractivity contribution in [1.82, 2.24) is 10.2 Å². The monoisotopic (exact) mass is 244 g/mol. The highest BCUT2D eigenvalue weighted by molar-refractivity contribution is 5.80. The molecule has 100 valence electrons. The highest BCUT2D eigenvalue weighted by Gasteiger charge is 2.22. The first kappa shape index (κ1) is 14.4. The number of piperazine rings is 1. The van der Waals surface area contributed by atoms with Crippen LogP contribution in [0.4, 0.5) is 0 Å². The number of hydrogen-bond donors (Lipinski definition) is 1. The molecule has 0 aromatic rings. The van der Waals surface area contributed by atoms with Crippen molar-refractivity contribution in [2.45, 2.75) is 26.4 Å². The van der Waals surface area contributed by atoms with Gasteiger partial charge in [0.15, 0.2) is 0 Å². The summed E-state index contributed by atoms with van der Waals surface area (Å²) in [6.45, 7) is 8.98. The van der Waals surface area contributed by atoms with Gasteiger partial charge in [0.05, 0.1) is 13.2 Å². The summed E-state index contributed by atoms with van der Waals surface area (Å²) in [7, 11) is 0. The molecule has 1 amide bonds. The van der Waals surface area contributed by atoms with Crippen LogP contribution in [0, 0.1) is 0 Å². The molecule has 1 aliphatic heterocycles. The lowest BCUT2D eigenvalue weighted by Gasteiger charge is -2.29. The first-order chi connectivity index (χ1) is 8.25. The molecule has 5 nitrogen and oxygen atoms in total. The van der Waals surface area contributed by atoms with E-state index in [4.69, 9.17) is 9.47 Å². The summed E-state index contributed by atoms with van der Waals surface area (Å²) < 4.78 is 10.8. The molecule has 0 radical (unpaired) electrons. The van der Waals surface area contributed by atoms with Crippen molar-refractivity contribution < 1.29 is 14.3 Å². The number of amides is 1. The van der Waals surface area contributed by atoms with Gasteiger partial charge in [-0.05, 0) is 13.3 Å². The van der Waals surface area contributed by atoms with Crippen LogP contribution in [0.1, 0.15) is 20.3 Å². The molecule has 0 aliphatic carbocycles. The highest BCUT2D eigenvalue weighted by Crippen LogP contribution is 2.01. The third kappa shape index (κ3) is 5.48. The maximum absolute atomic E-state index is 12.0. The summed E-state index contributed by atoms with van der Waals surface area (Å²) in [4.78, 5) is 13.8. The highest BCUT2D eigenvalue weighted by atomic mass is 16.5. The van der Waals surface area contributed by atoms with Crippen LogP contribution in [0.3, 0.4) is 0 Å². The lowest BCUT2D eigenvalue weighted by molar-refractivity contribution is -0.144. The number of rotatable bonds is 7. The Morgan fingerprint density at radius 3 is 2.65 bits per heavy atom. The van der Waals surface area contributed by atoms with E-state index in [1.807, 2.05) is 11.8 Å². The minimum atomic E-state index is -0.363. The predicted octanol–water partition coefficient (Wildman–Crippen LogP) is 0.250. The van der Waals surface area contributed by atoms with Gasteiger partial charge in [-0.2, -0.15) is 0 Å². The quantitative estimate of drug-likeness (QED) is 0.652. The fraction of sp³-hybridized carbons (Fsp3) is 0.917. The van der Waals surface area contributed by atoms with E-state index in [1.54, 1.807) is 0 Å². The molecule has 5 heteroatoms. The molecule has 0 spiro atoms. The second kappa shape index (κ2) is 8.44. The molecule has 1 aliphatic rings. The first-order valence-corrected chi connectivity index (χ1v) is 6.44. The van der Waals surface area contributed by atoms with E-state index >= 15 is 0 Å². The first-order valence-electron chi connectivity index (χ1n) is 6.44. The number of carbonyl (C=O) groups excluding carboxylic acids is 1. The Bertz CT molecular complexity index is 218. The van der Waals surface area contributed by atoms with E-state index in [-0.39, 0.29) is 12.0 Å². The maximum atomic E-state index is 12.0. The molecule has 1 N–H and O–H groups in total. The van der Waals surface area contributed by atoms with E-state index in [1.165, 1.54) is 0 Å². The summed E-state index contributed by atoms with van der Waals surface area (Å²) in [5.74, 6) is 0.0852. The van der Waals surface area contributed by atoms with E-state index < -0.39 is 0 Å². The van der Waals surface area contributed by atoms with Crippen molar-refractivity contribution in [3.8, 4) is 0 Å². The van der Waals surface area contributed by atoms with Crippen molar-refractivity contribution in [2.24, 2.45) is 0 Å². The van der Waals surface area contributed by atoms with Crippen LogP contribution in [-0.2, 0) is 14.3 Å². The van der Waals surface area contributed by atoms with E-state index in [2.05, 4.69) is 12.2 Å². The molecule has 0 saturated carbocycles. The zero-order valence-corrected chi connectivity index (χ0v) is 10.9. The van der Waals surface area contributed by atoms with Crippen LogP contribution in [-0.4, -0.2) is 62.9 Å². The second-order valence-electron chi connectivity index (χ2n) is 4.20. The Hall–Kier alpha value is -0.650. The fourth-order valence-corrected chi connectivity index (χ4v) is 1.74. The Balaban J connectivity index is 2.12. The molecule has 1 unspecified atom stereocenters. The zero-order valence-electron chi connectivity index (χ0n) is 10.9. The van der Waals surface area contributed by atoms with Crippen LogP contribution < -0.4 is 5.32 Å². The van der Waals surface area contributed by atoms with E-state index in [0.717, 1.165) is 39.2 Å². The Labute approximate surface area is 103 Å². The number of hydrogen-bond acceptors (Lipinski definition) is 4. The molecule has 17 heavy (non-hydrogen) atoms. The number of nitrogens with one attached hydrogen (secondary N) is 1. The zero-order chi connectivity index (χ0) is 12.5. The van der Waals surface area contributed by atoms with E-state index in [0.29, 0.717) is 13.2 Å². The van der Waals surface area contributed by atoms with Gasteiger partial charge in [-0.25, -0.2) is 0 Å². The molecule has 1 saturated heterocycles. The van der Waals surface area contributed by atoms with Crippen LogP contribution in [0.5, 0.6) is 0 Å². The summed E-state index contributed by atoms with van der Waals surface area (Å²) in [5.41, 5.74) is 0. The average molecular weight is 244 g/mol. The molecule has 1 fully saturated rings. The summed E-state index contributed by atoms with van der Waals surface area (Å²) in [5, 5.41) is 3.22. The summed E-state index contributed by atoms with van der Waals surface area (Å²) in [6.07, 6.45) is 0.647. The van der Waals surface area contributed by atoms with Crippen LogP contribution in [0.15, 0.2) is 0 Å². The van der Waals surface area contributed by atoms with Crippen LogP contribution in [0.2, 0.25) is 0 Å². The van der Waals surface area contributed by atoms with Crippen molar-refractivity contribution in [2.75, 3.05) is 46.0 Å². The molecule has 0 bridgehead atoms. The largest absolute Gasteiger partial charge is 0.379 e. The van der Waals surface area contributed by atoms with Gasteiger partial charge in [-0.3, -0.25) is 4.79 Å². The van der Waals surface area contributed by atoms with Gasteiger partial charge >= 0.3 is 0 Å². The smallest absolute Gasteiger partial charge is 0.251 e. The number of carbonyl (C=O) groups is 1. The van der Waals surface area contributed by atoms with E-state index in [9.17, 15) is 4.79 Å². The molecule has 1 heterocycles. The van der Waals surface area contributed by atoms with Crippen molar-refractivity contribution in [1.29, 1.82) is 0 Å². The van der Waals surface area contributed by atoms with Crippen LogP contribution >= 0.6 is 0 Å². The molecule has 1 rings (SSSR count). The van der Waals surface area contributed by atoms with Crippen molar-refractivity contribution in [3.63, 3.8) is 0 Å². The predicted molar refractivity (Wildman–Crippen MR) is 66.0 cm³/mol. The third-order valence-corrected chi connectivity index (χ3v) is 2.72. The van der Waals surface area contributed by atoms with Gasteiger partial charge in [-0.15, -0.1) is 0 Å². The normalized spacial score (nSPS) is 18.1. The molecule has 0 aromatic carbocycles. The lowest BCUT2D eigenvalue weighted by atomic mass is 10.3. The maximum Gasteiger partial charge on any atom is 0.251 e. The van der Waals surface area contributed by atoms with Crippen molar-refractivity contribution >= 4 is 5.91 Å². The topological polar surface area (TPSA) is 50.8 Å². The van der Waals surface area contributed by atoms with Gasteiger partial charge in [0.2, 0.25) is 0 Å². The van der Waals surface area contributed by atoms with Gasteiger partial charge in [0.25, 0.3) is 5.91 Å².